The molecule has 1 aliphatic heterocycles. The molecule has 0 amide bonds. The minimum atomic E-state index is 0.789. The molecule has 0 aromatic heterocycles. The Balaban J connectivity index is 1.92. The molecule has 1 aromatic carbocycles. The number of piperidine rings is 1. The normalized spacial score (nSPS) is 19.6. The van der Waals surface area contributed by atoms with Gasteiger partial charge in [0.1, 0.15) is 5.75 Å². The number of para-hydroxylation sites is 1. The first-order valence-electron chi connectivity index (χ1n) is 8.41. The molecule has 1 fully saturated rings. The van der Waals surface area contributed by atoms with Crippen molar-refractivity contribution in [3.8, 4) is 5.75 Å². The number of benzene rings is 1. The first-order valence-corrected chi connectivity index (χ1v) is 8.41. The SMILES string of the molecule is CCCCOc1ccccc1CN1CCCC(CNC)C1. The van der Waals surface area contributed by atoms with Crippen LogP contribution in [0.3, 0.4) is 0 Å². The quantitative estimate of drug-likeness (QED) is 0.744. The van der Waals surface area contributed by atoms with Crippen molar-refractivity contribution in [1.29, 1.82) is 0 Å². The molecule has 1 saturated heterocycles. The first kappa shape index (κ1) is 16.3. The number of nitrogens with zero attached hydrogens (tertiary/aromatic N) is 1. The van der Waals surface area contributed by atoms with Gasteiger partial charge in [-0.2, -0.15) is 0 Å². The van der Waals surface area contributed by atoms with Crippen LogP contribution in [0.5, 0.6) is 5.75 Å². The molecular weight excluding hydrogens is 260 g/mol. The van der Waals surface area contributed by atoms with Gasteiger partial charge in [-0.25, -0.2) is 0 Å². The van der Waals surface area contributed by atoms with E-state index < -0.39 is 0 Å². The fourth-order valence-electron chi connectivity index (χ4n) is 3.09. The van der Waals surface area contributed by atoms with Gasteiger partial charge in [0.25, 0.3) is 0 Å². The number of nitrogens with one attached hydrogen (secondary N) is 1. The fourth-order valence-corrected chi connectivity index (χ4v) is 3.09. The average Bonchev–Trinajstić information content (AvgIpc) is 2.50. The Morgan fingerprint density at radius 3 is 3.00 bits per heavy atom. The number of rotatable bonds is 8. The molecule has 1 atom stereocenters. The smallest absolute Gasteiger partial charge is 0.123 e. The molecular formula is C18H30N2O. The minimum absolute atomic E-state index is 0.789. The summed E-state index contributed by atoms with van der Waals surface area (Å²) in [5.41, 5.74) is 1.33. The lowest BCUT2D eigenvalue weighted by Crippen LogP contribution is -2.38. The molecule has 1 heterocycles. The summed E-state index contributed by atoms with van der Waals surface area (Å²) in [5, 5.41) is 3.32. The molecule has 0 bridgehead atoms. The van der Waals surface area contributed by atoms with Crippen molar-refractivity contribution in [3.63, 3.8) is 0 Å². The average molecular weight is 290 g/mol. The number of ether oxygens (including phenoxy) is 1. The monoisotopic (exact) mass is 290 g/mol. The molecule has 118 valence electrons. The third-order valence-corrected chi connectivity index (χ3v) is 4.22. The van der Waals surface area contributed by atoms with Gasteiger partial charge in [0.2, 0.25) is 0 Å². The largest absolute Gasteiger partial charge is 0.493 e. The van der Waals surface area contributed by atoms with Crippen molar-refractivity contribution in [3.05, 3.63) is 29.8 Å². The Bertz CT molecular complexity index is 406. The number of unbranched alkanes of at least 4 members (excludes halogenated alkanes) is 1. The van der Waals surface area contributed by atoms with E-state index >= 15 is 0 Å². The molecule has 1 aliphatic rings. The van der Waals surface area contributed by atoms with Crippen LogP contribution in [-0.2, 0) is 6.54 Å². The van der Waals surface area contributed by atoms with Gasteiger partial charge in [-0.15, -0.1) is 0 Å². The van der Waals surface area contributed by atoms with Crippen LogP contribution in [0, 0.1) is 5.92 Å². The summed E-state index contributed by atoms with van der Waals surface area (Å²) >= 11 is 0. The maximum Gasteiger partial charge on any atom is 0.123 e. The van der Waals surface area contributed by atoms with E-state index in [1.165, 1.54) is 37.9 Å². The maximum absolute atomic E-state index is 5.95. The number of likely N-dealkylation sites (tertiary alicyclic amines) is 1. The van der Waals surface area contributed by atoms with Crippen LogP contribution in [0.15, 0.2) is 24.3 Å². The third-order valence-electron chi connectivity index (χ3n) is 4.22. The molecule has 3 nitrogen and oxygen atoms in total. The molecule has 1 unspecified atom stereocenters. The van der Waals surface area contributed by atoms with E-state index in [0.717, 1.165) is 37.8 Å². The second-order valence-corrected chi connectivity index (χ2v) is 6.11. The van der Waals surface area contributed by atoms with Gasteiger partial charge in [0.15, 0.2) is 0 Å². The molecule has 21 heavy (non-hydrogen) atoms. The van der Waals surface area contributed by atoms with Crippen LogP contribution in [0.4, 0.5) is 0 Å². The Morgan fingerprint density at radius 2 is 2.19 bits per heavy atom. The van der Waals surface area contributed by atoms with E-state index in [1.807, 2.05) is 0 Å². The van der Waals surface area contributed by atoms with E-state index in [-0.39, 0.29) is 0 Å². The van der Waals surface area contributed by atoms with Crippen molar-refractivity contribution >= 4 is 0 Å². The molecule has 3 heteroatoms. The molecule has 0 radical (unpaired) electrons. The predicted molar refractivity (Wildman–Crippen MR) is 88.8 cm³/mol. The highest BCUT2D eigenvalue weighted by Gasteiger charge is 2.20. The Hall–Kier alpha value is -1.06. The standard InChI is InChI=1S/C18H30N2O/c1-3-4-12-21-18-10-6-5-9-17(18)15-20-11-7-8-16(14-20)13-19-2/h5-6,9-10,16,19H,3-4,7-8,11-15H2,1-2H3. The third kappa shape index (κ3) is 5.33. The molecule has 2 rings (SSSR count). The Morgan fingerprint density at radius 1 is 1.33 bits per heavy atom. The molecule has 0 spiro atoms. The van der Waals surface area contributed by atoms with Crippen molar-refractivity contribution in [2.75, 3.05) is 33.3 Å². The second-order valence-electron chi connectivity index (χ2n) is 6.11. The van der Waals surface area contributed by atoms with E-state index in [2.05, 4.69) is 48.5 Å². The fraction of sp³-hybridized carbons (Fsp3) is 0.667. The molecule has 0 saturated carbocycles. The highest BCUT2D eigenvalue weighted by molar-refractivity contribution is 5.33. The molecule has 1 N–H and O–H groups in total. The van der Waals surface area contributed by atoms with Gasteiger partial charge < -0.3 is 10.1 Å². The van der Waals surface area contributed by atoms with Gasteiger partial charge in [-0.05, 0) is 51.4 Å². The summed E-state index contributed by atoms with van der Waals surface area (Å²) in [6.07, 6.45) is 4.97. The zero-order chi connectivity index (χ0) is 14.9. The summed E-state index contributed by atoms with van der Waals surface area (Å²) in [6.45, 7) is 7.59. The summed E-state index contributed by atoms with van der Waals surface area (Å²) in [7, 11) is 2.05. The first-order chi connectivity index (χ1) is 10.3. The minimum Gasteiger partial charge on any atom is -0.493 e. The second kappa shape index (κ2) is 9.06. The summed E-state index contributed by atoms with van der Waals surface area (Å²) in [6, 6.07) is 8.52. The highest BCUT2D eigenvalue weighted by atomic mass is 16.5. The molecule has 0 aliphatic carbocycles. The van der Waals surface area contributed by atoms with Crippen molar-refractivity contribution in [2.24, 2.45) is 5.92 Å². The zero-order valence-electron chi connectivity index (χ0n) is 13.6. The topological polar surface area (TPSA) is 24.5 Å². The lowest BCUT2D eigenvalue weighted by Gasteiger charge is -2.33. The van der Waals surface area contributed by atoms with Crippen LogP contribution >= 0.6 is 0 Å². The number of hydrogen-bond donors (Lipinski definition) is 1. The maximum atomic E-state index is 5.95. The van der Waals surface area contributed by atoms with Crippen LogP contribution in [0.1, 0.15) is 38.2 Å². The van der Waals surface area contributed by atoms with E-state index in [1.54, 1.807) is 0 Å². The Labute approximate surface area is 129 Å². The zero-order valence-corrected chi connectivity index (χ0v) is 13.6. The van der Waals surface area contributed by atoms with Gasteiger partial charge in [-0.3, -0.25) is 4.90 Å². The van der Waals surface area contributed by atoms with E-state index in [9.17, 15) is 0 Å². The Kier molecular flexibility index (Phi) is 7.04. The van der Waals surface area contributed by atoms with E-state index in [0.29, 0.717) is 0 Å². The van der Waals surface area contributed by atoms with Crippen molar-refractivity contribution in [1.82, 2.24) is 10.2 Å². The predicted octanol–water partition coefficient (Wildman–Crippen LogP) is 3.30. The van der Waals surface area contributed by atoms with Crippen LogP contribution in [0.2, 0.25) is 0 Å². The summed E-state index contributed by atoms with van der Waals surface area (Å²) in [4.78, 5) is 2.58. The van der Waals surface area contributed by atoms with Crippen LogP contribution in [0.25, 0.3) is 0 Å². The van der Waals surface area contributed by atoms with Gasteiger partial charge in [-0.1, -0.05) is 31.5 Å². The molecule has 1 aromatic rings. The number of hydrogen-bond acceptors (Lipinski definition) is 3. The van der Waals surface area contributed by atoms with Crippen LogP contribution in [-0.4, -0.2) is 38.2 Å². The van der Waals surface area contributed by atoms with Crippen molar-refractivity contribution in [2.45, 2.75) is 39.2 Å². The van der Waals surface area contributed by atoms with Crippen LogP contribution < -0.4 is 10.1 Å². The van der Waals surface area contributed by atoms with Gasteiger partial charge >= 0.3 is 0 Å². The summed E-state index contributed by atoms with van der Waals surface area (Å²) < 4.78 is 5.95. The lowest BCUT2D eigenvalue weighted by atomic mass is 9.97. The van der Waals surface area contributed by atoms with Crippen molar-refractivity contribution < 1.29 is 4.74 Å². The highest BCUT2D eigenvalue weighted by Crippen LogP contribution is 2.23. The van der Waals surface area contributed by atoms with Gasteiger partial charge in [0.05, 0.1) is 6.61 Å². The lowest BCUT2D eigenvalue weighted by molar-refractivity contribution is 0.164. The summed E-state index contributed by atoms with van der Waals surface area (Å²) in [5.74, 6) is 1.86. The van der Waals surface area contributed by atoms with Gasteiger partial charge in [0, 0.05) is 18.7 Å². The van der Waals surface area contributed by atoms with E-state index in [4.69, 9.17) is 4.74 Å².